The molecule has 1 aliphatic carbocycles. The van der Waals surface area contributed by atoms with Gasteiger partial charge >= 0.3 is 11.7 Å². The lowest BCUT2D eigenvalue weighted by Gasteiger charge is -2.24. The number of rotatable bonds is 11. The van der Waals surface area contributed by atoms with E-state index in [1.807, 2.05) is 12.5 Å². The summed E-state index contributed by atoms with van der Waals surface area (Å²) in [6, 6.07) is 14.7. The molecule has 13 heteroatoms. The first-order chi connectivity index (χ1) is 24.2. The highest BCUT2D eigenvalue weighted by atomic mass is 32.2. The van der Waals surface area contributed by atoms with Gasteiger partial charge in [-0.3, -0.25) is 14.2 Å². The molecule has 1 atom stereocenters. The molecule has 1 amide bonds. The van der Waals surface area contributed by atoms with Crippen LogP contribution in [0.2, 0.25) is 0 Å². The van der Waals surface area contributed by atoms with Crippen LogP contribution in [0.15, 0.2) is 70.1 Å². The number of thioether (sulfide) groups is 1. The van der Waals surface area contributed by atoms with Gasteiger partial charge in [-0.25, -0.2) is 14.8 Å². The topological polar surface area (TPSA) is 132 Å². The van der Waals surface area contributed by atoms with Gasteiger partial charge in [0.1, 0.15) is 10.8 Å². The normalized spacial score (nSPS) is 13.3. The number of carbonyl (C=O) groups is 2. The molecule has 11 nitrogen and oxygen atoms in total. The predicted octanol–water partition coefficient (Wildman–Crippen LogP) is 5.92. The highest BCUT2D eigenvalue weighted by Crippen LogP contribution is 2.42. The van der Waals surface area contributed by atoms with Crippen molar-refractivity contribution in [2.75, 3.05) is 36.7 Å². The van der Waals surface area contributed by atoms with Crippen LogP contribution in [0, 0.1) is 6.92 Å². The number of nitrogens with zero attached hydrogens (tertiary/aromatic N) is 6. The van der Waals surface area contributed by atoms with E-state index in [4.69, 9.17) is 4.74 Å². The van der Waals surface area contributed by atoms with Crippen molar-refractivity contribution in [2.45, 2.75) is 44.6 Å². The summed E-state index contributed by atoms with van der Waals surface area (Å²) in [4.78, 5) is 57.7. The number of amides is 1. The van der Waals surface area contributed by atoms with Crippen LogP contribution in [-0.4, -0.2) is 62.8 Å². The number of hydrogen-bond donors (Lipinski definition) is 1. The molecule has 1 aliphatic rings. The third kappa shape index (κ3) is 7.53. The van der Waals surface area contributed by atoms with E-state index in [0.717, 1.165) is 39.8 Å². The monoisotopic (exact) mass is 707 g/mol. The lowest BCUT2D eigenvalue weighted by atomic mass is 9.82. The Hall–Kier alpha value is -5.14. The molecule has 0 aliphatic heterocycles. The number of likely N-dealkylation sites (N-methyl/N-ethyl adjacent to an activating group) is 1. The minimum absolute atomic E-state index is 0.0325. The minimum Gasteiger partial charge on any atom is -0.466 e. The van der Waals surface area contributed by atoms with Crippen molar-refractivity contribution >= 4 is 58.2 Å². The third-order valence-corrected chi connectivity index (χ3v) is 9.84. The maximum absolute atomic E-state index is 13.5. The van der Waals surface area contributed by atoms with E-state index in [2.05, 4.69) is 87.7 Å². The highest BCUT2D eigenvalue weighted by molar-refractivity contribution is 7.98. The summed E-state index contributed by atoms with van der Waals surface area (Å²) in [5, 5.41) is 5.48. The summed E-state index contributed by atoms with van der Waals surface area (Å²) >= 11 is 2.66. The van der Waals surface area contributed by atoms with E-state index >= 15 is 0 Å². The fourth-order valence-corrected chi connectivity index (χ4v) is 7.23. The average Bonchev–Trinajstić information content (AvgIpc) is 3.47. The number of thiazole rings is 1. The molecule has 5 aromatic rings. The highest BCUT2D eigenvalue weighted by Gasteiger charge is 2.28. The number of aryl methyl sites for hydroxylation is 2. The minimum atomic E-state index is -0.469. The van der Waals surface area contributed by atoms with Crippen LogP contribution in [0.5, 0.6) is 0 Å². The molecule has 0 spiro atoms. The molecule has 256 valence electrons. The number of aromatic nitrogens is 5. The van der Waals surface area contributed by atoms with Gasteiger partial charge in [-0.2, -0.15) is 9.97 Å². The number of anilines is 2. The lowest BCUT2D eigenvalue weighted by Crippen LogP contribution is -2.32. The van der Waals surface area contributed by atoms with Crippen LogP contribution in [0.4, 0.5) is 11.1 Å². The number of nitrogens with one attached hydrogen (secondary N) is 1. The summed E-state index contributed by atoms with van der Waals surface area (Å²) in [5.41, 5.74) is 7.85. The lowest BCUT2D eigenvalue weighted by molar-refractivity contribution is -0.142. The molecule has 2 aromatic carbocycles. The first-order valence-corrected chi connectivity index (χ1v) is 18.3. The Kier molecular flexibility index (Phi) is 10.5. The molecule has 0 bridgehead atoms. The van der Waals surface area contributed by atoms with Crippen LogP contribution in [0.25, 0.3) is 18.0 Å². The quantitative estimate of drug-likeness (QED) is 0.0984. The average molecular weight is 708 g/mol. The van der Waals surface area contributed by atoms with Gasteiger partial charge < -0.3 is 15.0 Å². The Labute approximate surface area is 298 Å². The summed E-state index contributed by atoms with van der Waals surface area (Å²) in [5.74, 6) is -0.336. The second-order valence-corrected chi connectivity index (χ2v) is 13.5. The molecule has 1 unspecified atom stereocenters. The molecular formula is C37H37N7O4S2. The maximum atomic E-state index is 13.5. The van der Waals surface area contributed by atoms with Crippen LogP contribution in [0.1, 0.15) is 64.4 Å². The van der Waals surface area contributed by atoms with E-state index in [1.165, 1.54) is 33.2 Å². The number of hydrogen-bond acceptors (Lipinski definition) is 11. The molecule has 0 radical (unpaired) electrons. The summed E-state index contributed by atoms with van der Waals surface area (Å²) < 4.78 is 6.41. The first-order valence-electron chi connectivity index (χ1n) is 16.2. The van der Waals surface area contributed by atoms with Crippen molar-refractivity contribution in [3.63, 3.8) is 0 Å². The van der Waals surface area contributed by atoms with Gasteiger partial charge in [0.15, 0.2) is 5.13 Å². The van der Waals surface area contributed by atoms with Gasteiger partial charge in [0.2, 0.25) is 11.9 Å². The third-order valence-electron chi connectivity index (χ3n) is 8.32. The van der Waals surface area contributed by atoms with Gasteiger partial charge in [0.05, 0.1) is 25.3 Å². The van der Waals surface area contributed by atoms with E-state index in [1.54, 1.807) is 36.5 Å². The number of carbonyl (C=O) groups excluding carboxylic acids is 2. The Morgan fingerprint density at radius 3 is 2.52 bits per heavy atom. The fraction of sp³-hybridized carbons (Fsp3) is 0.270. The molecule has 0 saturated carbocycles. The van der Waals surface area contributed by atoms with E-state index in [0.29, 0.717) is 28.3 Å². The first kappa shape index (κ1) is 34.7. The van der Waals surface area contributed by atoms with Crippen LogP contribution < -0.4 is 15.9 Å². The zero-order valence-corrected chi connectivity index (χ0v) is 30.1. The predicted molar refractivity (Wildman–Crippen MR) is 198 cm³/mol. The summed E-state index contributed by atoms with van der Waals surface area (Å²) in [7, 11) is 1.69. The molecule has 50 heavy (non-hydrogen) atoms. The second-order valence-electron chi connectivity index (χ2n) is 11.8. The van der Waals surface area contributed by atoms with Crippen molar-refractivity contribution in [3.05, 3.63) is 115 Å². The maximum Gasteiger partial charge on any atom is 0.354 e. The van der Waals surface area contributed by atoms with Gasteiger partial charge in [-0.05, 0) is 54.3 Å². The second kappa shape index (κ2) is 15.2. The van der Waals surface area contributed by atoms with Crippen molar-refractivity contribution in [1.29, 1.82) is 0 Å². The number of fused-ring (bicyclic) bond motifs is 2. The Balaban J connectivity index is 1.31. The van der Waals surface area contributed by atoms with Crippen LogP contribution in [0.3, 0.4) is 0 Å². The Bertz CT molecular complexity index is 2160. The number of ether oxygens (including phenoxy) is 1. The van der Waals surface area contributed by atoms with Crippen LogP contribution in [-0.2, 0) is 27.2 Å². The summed E-state index contributed by atoms with van der Waals surface area (Å²) in [6.45, 7) is 6.18. The Morgan fingerprint density at radius 1 is 1.02 bits per heavy atom. The van der Waals surface area contributed by atoms with Crippen LogP contribution >= 0.6 is 23.1 Å². The number of benzene rings is 2. The van der Waals surface area contributed by atoms with Crippen molar-refractivity contribution < 1.29 is 14.3 Å². The SMILES string of the molecule is CCOC(=O)Cc1csc(NC(=O)CN(C)c2nccc(-n3cc(C4c5ccc(C)cc5C=Cc5cc(CC)ccc54)c(SC)nc3=O)n2)n1. The molecule has 3 heterocycles. The van der Waals surface area contributed by atoms with Crippen molar-refractivity contribution in [2.24, 2.45) is 0 Å². The molecule has 1 N–H and O–H groups in total. The number of esters is 1. The van der Waals surface area contributed by atoms with Gasteiger partial charge in [-0.15, -0.1) is 23.1 Å². The largest absolute Gasteiger partial charge is 0.466 e. The van der Waals surface area contributed by atoms with Gasteiger partial charge in [0, 0.05) is 42.4 Å². The molecule has 0 fully saturated rings. The van der Waals surface area contributed by atoms with Crippen molar-refractivity contribution in [1.82, 2.24) is 24.5 Å². The molecule has 0 saturated heterocycles. The molecular weight excluding hydrogens is 671 g/mol. The molecule has 3 aromatic heterocycles. The van der Waals surface area contributed by atoms with Gasteiger partial charge in [0.25, 0.3) is 0 Å². The van der Waals surface area contributed by atoms with Crippen molar-refractivity contribution in [3.8, 4) is 5.82 Å². The fourth-order valence-electron chi connectivity index (χ4n) is 5.92. The Morgan fingerprint density at radius 2 is 1.78 bits per heavy atom. The summed E-state index contributed by atoms with van der Waals surface area (Å²) in [6.07, 6.45) is 10.6. The zero-order valence-electron chi connectivity index (χ0n) is 28.5. The smallest absolute Gasteiger partial charge is 0.354 e. The molecule has 6 rings (SSSR count). The standard InChI is InChI=1S/C37H37N7O4S2/c1-6-23-9-13-28-25(17-23)11-10-24-16-22(3)8-12-27(24)33(28)29-19-44(37(47)42-34(29)49-5)30-14-15-38-35(40-30)43(4)20-31(45)41-36-39-26(21-50-36)18-32(46)48-7-2/h8-17,19,21,33H,6-7,18,20H2,1-5H3,(H,39,41,45). The zero-order chi connectivity index (χ0) is 35.4. The van der Waals surface area contributed by atoms with Gasteiger partial charge in [-0.1, -0.05) is 61.0 Å². The van der Waals surface area contributed by atoms with E-state index in [9.17, 15) is 14.4 Å². The van der Waals surface area contributed by atoms with E-state index < -0.39 is 5.69 Å². The van der Waals surface area contributed by atoms with E-state index in [-0.39, 0.29) is 36.7 Å².